The molecule has 10 heteroatoms. The number of aromatic hydroxyl groups is 1. The van der Waals surface area contributed by atoms with Gasteiger partial charge in [0.1, 0.15) is 17.6 Å². The number of carboxylic acids is 1. The second-order valence-electron chi connectivity index (χ2n) is 5.86. The largest absolute Gasteiger partial charge is 0.507 e. The number of hydrogen-bond donors (Lipinski definition) is 3. The number of anilines is 1. The first-order valence-electron chi connectivity index (χ1n) is 7.74. The Balaban J connectivity index is 2.08. The lowest BCUT2D eigenvalue weighted by atomic mass is 10.1. The van der Waals surface area contributed by atoms with Crippen LogP contribution in [-0.4, -0.2) is 39.4 Å². The molecule has 27 heavy (non-hydrogen) atoms. The van der Waals surface area contributed by atoms with E-state index in [9.17, 15) is 18.3 Å². The highest BCUT2D eigenvalue weighted by Crippen LogP contribution is 2.30. The Morgan fingerprint density at radius 1 is 1.22 bits per heavy atom. The number of sulfonamides is 1. The van der Waals surface area contributed by atoms with E-state index in [1.165, 1.54) is 13.3 Å². The van der Waals surface area contributed by atoms with Crippen molar-refractivity contribution in [1.29, 1.82) is 0 Å². The molecule has 0 aliphatic carbocycles. The van der Waals surface area contributed by atoms with Crippen LogP contribution in [0, 0.1) is 6.92 Å². The van der Waals surface area contributed by atoms with Crippen LogP contribution in [0.5, 0.6) is 5.75 Å². The summed E-state index contributed by atoms with van der Waals surface area (Å²) in [5.41, 5.74) is 0.484. The van der Waals surface area contributed by atoms with E-state index in [0.717, 1.165) is 12.1 Å². The van der Waals surface area contributed by atoms with Gasteiger partial charge in [0.25, 0.3) is 10.0 Å². The van der Waals surface area contributed by atoms with Gasteiger partial charge in [0.15, 0.2) is 5.82 Å². The molecule has 2 aromatic carbocycles. The Kier molecular flexibility index (Phi) is 4.58. The summed E-state index contributed by atoms with van der Waals surface area (Å²) < 4.78 is 29.9. The molecule has 0 unspecified atom stereocenters. The summed E-state index contributed by atoms with van der Waals surface area (Å²) in [7, 11) is -2.40. The van der Waals surface area contributed by atoms with Crippen LogP contribution in [-0.2, 0) is 17.1 Å². The standard InChI is InChI=1S/C17H16N4O5S/c1-10-7-14(22)12(17(23)24)8-15(10)27(25,26)20-13-6-4-3-5-11(13)16-19-18-9-21(16)2/h3-9,20,22H,1-2H3,(H,23,24). The second-order valence-corrected chi connectivity index (χ2v) is 7.51. The van der Waals surface area contributed by atoms with Crippen molar-refractivity contribution >= 4 is 21.7 Å². The summed E-state index contributed by atoms with van der Waals surface area (Å²) >= 11 is 0. The molecule has 0 aliphatic rings. The first-order valence-corrected chi connectivity index (χ1v) is 9.22. The number of rotatable bonds is 5. The smallest absolute Gasteiger partial charge is 0.339 e. The first-order chi connectivity index (χ1) is 12.7. The highest BCUT2D eigenvalue weighted by molar-refractivity contribution is 7.92. The van der Waals surface area contributed by atoms with Crippen molar-refractivity contribution in [3.63, 3.8) is 0 Å². The summed E-state index contributed by atoms with van der Waals surface area (Å²) in [6, 6.07) is 8.68. The molecule has 3 aromatic rings. The molecule has 0 bridgehead atoms. The number of benzene rings is 2. The van der Waals surface area contributed by atoms with Crippen molar-refractivity contribution in [2.75, 3.05) is 4.72 Å². The Morgan fingerprint density at radius 2 is 1.93 bits per heavy atom. The molecule has 9 nitrogen and oxygen atoms in total. The molecule has 0 saturated carbocycles. The maximum absolute atomic E-state index is 12.9. The molecule has 140 valence electrons. The maximum atomic E-state index is 12.9. The van der Waals surface area contributed by atoms with Crippen LogP contribution in [0.3, 0.4) is 0 Å². The Labute approximate surface area is 155 Å². The van der Waals surface area contributed by atoms with E-state index in [1.54, 1.807) is 35.9 Å². The fourth-order valence-corrected chi connectivity index (χ4v) is 3.96. The van der Waals surface area contributed by atoms with Crippen LogP contribution in [0.4, 0.5) is 5.69 Å². The fourth-order valence-electron chi connectivity index (χ4n) is 2.63. The summed E-state index contributed by atoms with van der Waals surface area (Å²) in [5, 5.41) is 26.6. The number of nitrogens with zero attached hydrogens (tertiary/aromatic N) is 3. The van der Waals surface area contributed by atoms with Crippen LogP contribution in [0.1, 0.15) is 15.9 Å². The molecule has 0 fully saturated rings. The molecular formula is C17H16N4O5S. The number of para-hydroxylation sites is 1. The average Bonchev–Trinajstić information content (AvgIpc) is 3.00. The number of aryl methyl sites for hydroxylation is 2. The van der Waals surface area contributed by atoms with Gasteiger partial charge < -0.3 is 14.8 Å². The molecule has 1 heterocycles. The Morgan fingerprint density at radius 3 is 2.56 bits per heavy atom. The molecule has 1 aromatic heterocycles. The molecule has 0 radical (unpaired) electrons. The Hall–Kier alpha value is -3.40. The minimum absolute atomic E-state index is 0.209. The van der Waals surface area contributed by atoms with Crippen molar-refractivity contribution < 1.29 is 23.4 Å². The van der Waals surface area contributed by atoms with Gasteiger partial charge in [-0.05, 0) is 36.8 Å². The molecule has 0 spiro atoms. The molecule has 0 saturated heterocycles. The third-order valence-electron chi connectivity index (χ3n) is 3.94. The average molecular weight is 388 g/mol. The number of carboxylic acid groups (broad SMARTS) is 1. The zero-order valence-electron chi connectivity index (χ0n) is 14.4. The van der Waals surface area contributed by atoms with Crippen LogP contribution >= 0.6 is 0 Å². The molecule has 0 amide bonds. The van der Waals surface area contributed by atoms with Gasteiger partial charge in [0.2, 0.25) is 0 Å². The van der Waals surface area contributed by atoms with E-state index >= 15 is 0 Å². The molecule has 3 N–H and O–H groups in total. The third kappa shape index (κ3) is 3.47. The number of aromatic nitrogens is 3. The van der Waals surface area contributed by atoms with Gasteiger partial charge in [-0.25, -0.2) is 13.2 Å². The van der Waals surface area contributed by atoms with Crippen molar-refractivity contribution in [2.24, 2.45) is 7.05 Å². The van der Waals surface area contributed by atoms with E-state index in [-0.39, 0.29) is 16.1 Å². The third-order valence-corrected chi connectivity index (χ3v) is 5.44. The van der Waals surface area contributed by atoms with Crippen LogP contribution < -0.4 is 4.72 Å². The van der Waals surface area contributed by atoms with Crippen molar-refractivity contribution in [1.82, 2.24) is 14.8 Å². The number of phenols is 1. The van der Waals surface area contributed by atoms with E-state index in [0.29, 0.717) is 11.4 Å². The predicted octanol–water partition coefficient (Wildman–Crippen LogP) is 2.00. The highest BCUT2D eigenvalue weighted by atomic mass is 32.2. The molecule has 0 atom stereocenters. The van der Waals surface area contributed by atoms with Gasteiger partial charge in [-0.2, -0.15) is 0 Å². The van der Waals surface area contributed by atoms with E-state index in [1.807, 2.05) is 0 Å². The lowest BCUT2D eigenvalue weighted by Gasteiger charge is -2.14. The number of aromatic carboxylic acids is 1. The minimum atomic E-state index is -4.13. The van der Waals surface area contributed by atoms with Gasteiger partial charge in [-0.3, -0.25) is 4.72 Å². The molecule has 3 rings (SSSR count). The van der Waals surface area contributed by atoms with Crippen molar-refractivity contribution in [2.45, 2.75) is 11.8 Å². The molecular weight excluding hydrogens is 372 g/mol. The van der Waals surface area contributed by atoms with Crippen molar-refractivity contribution in [3.05, 3.63) is 53.9 Å². The summed E-state index contributed by atoms with van der Waals surface area (Å²) in [4.78, 5) is 11.0. The quantitative estimate of drug-likeness (QED) is 0.608. The minimum Gasteiger partial charge on any atom is -0.507 e. The number of hydrogen-bond acceptors (Lipinski definition) is 6. The predicted molar refractivity (Wildman–Crippen MR) is 97.1 cm³/mol. The Bertz CT molecular complexity index is 1140. The van der Waals surface area contributed by atoms with Gasteiger partial charge in [-0.1, -0.05) is 12.1 Å². The van der Waals surface area contributed by atoms with Crippen LogP contribution in [0.25, 0.3) is 11.4 Å². The zero-order valence-corrected chi connectivity index (χ0v) is 15.2. The lowest BCUT2D eigenvalue weighted by Crippen LogP contribution is -2.16. The van der Waals surface area contributed by atoms with Gasteiger partial charge in [-0.15, -0.1) is 10.2 Å². The summed E-state index contributed by atoms with van der Waals surface area (Å²) in [6.45, 7) is 1.47. The fraction of sp³-hybridized carbons (Fsp3) is 0.118. The van der Waals surface area contributed by atoms with Crippen LogP contribution in [0.15, 0.2) is 47.6 Å². The monoisotopic (exact) mass is 388 g/mol. The van der Waals surface area contributed by atoms with Gasteiger partial charge >= 0.3 is 5.97 Å². The van der Waals surface area contributed by atoms with E-state index < -0.39 is 27.3 Å². The highest BCUT2D eigenvalue weighted by Gasteiger charge is 2.23. The summed E-state index contributed by atoms with van der Waals surface area (Å²) in [6.07, 6.45) is 1.49. The maximum Gasteiger partial charge on any atom is 0.339 e. The second kappa shape index (κ2) is 6.72. The number of nitrogens with one attached hydrogen (secondary N) is 1. The van der Waals surface area contributed by atoms with E-state index in [2.05, 4.69) is 14.9 Å². The van der Waals surface area contributed by atoms with E-state index in [4.69, 9.17) is 5.11 Å². The topological polar surface area (TPSA) is 134 Å². The van der Waals surface area contributed by atoms with Gasteiger partial charge in [0.05, 0.1) is 10.6 Å². The summed E-state index contributed by atoms with van der Waals surface area (Å²) in [5.74, 6) is -1.47. The molecule has 0 aliphatic heterocycles. The normalized spacial score (nSPS) is 11.3. The van der Waals surface area contributed by atoms with Gasteiger partial charge in [0, 0.05) is 12.6 Å². The number of carbonyl (C=O) groups is 1. The lowest BCUT2D eigenvalue weighted by molar-refractivity contribution is 0.0693. The zero-order chi connectivity index (χ0) is 19.8. The first kappa shape index (κ1) is 18.4. The van der Waals surface area contributed by atoms with Crippen LogP contribution in [0.2, 0.25) is 0 Å². The SMILES string of the molecule is Cc1cc(O)c(C(=O)O)cc1S(=O)(=O)Nc1ccccc1-c1nncn1C. The van der Waals surface area contributed by atoms with Crippen molar-refractivity contribution in [3.8, 4) is 17.1 Å².